The predicted molar refractivity (Wildman–Crippen MR) is 105 cm³/mol. The quantitative estimate of drug-likeness (QED) is 0.421. The van der Waals surface area contributed by atoms with E-state index in [0.717, 1.165) is 16.3 Å². The van der Waals surface area contributed by atoms with Crippen LogP contribution in [0.4, 0.5) is 0 Å². The van der Waals surface area contributed by atoms with E-state index in [1.807, 2.05) is 42.5 Å². The number of carbonyl (C=O) groups excluding carboxylic acids is 1. The third-order valence-corrected chi connectivity index (χ3v) is 6.35. The molecule has 27 heavy (non-hydrogen) atoms. The van der Waals surface area contributed by atoms with E-state index in [-0.39, 0.29) is 6.42 Å². The van der Waals surface area contributed by atoms with Crippen molar-refractivity contribution >= 4 is 24.3 Å². The number of esters is 1. The normalized spacial score (nSPS) is 12.7. The van der Waals surface area contributed by atoms with E-state index < -0.39 is 19.4 Å². The van der Waals surface area contributed by atoms with E-state index in [1.54, 1.807) is 30.3 Å². The van der Waals surface area contributed by atoms with Crippen LogP contribution in [0.3, 0.4) is 0 Å². The van der Waals surface area contributed by atoms with Gasteiger partial charge in [0.15, 0.2) is 0 Å². The van der Waals surface area contributed by atoms with E-state index in [2.05, 4.69) is 0 Å². The van der Waals surface area contributed by atoms with Crippen LogP contribution in [0.25, 0.3) is 10.8 Å². The van der Waals surface area contributed by atoms with Crippen LogP contribution in [0.1, 0.15) is 15.9 Å². The second-order valence-electron chi connectivity index (χ2n) is 6.02. The SMILES string of the molecule is COP(=O)(OC)[C@H](Cc1ccc2ccccc2c1)OC(=O)c1ccccc1. The molecule has 5 nitrogen and oxygen atoms in total. The Balaban J connectivity index is 1.89. The molecule has 3 rings (SSSR count). The summed E-state index contributed by atoms with van der Waals surface area (Å²) < 4.78 is 28.7. The molecule has 0 saturated heterocycles. The molecule has 0 aliphatic carbocycles. The predicted octanol–water partition coefficient (Wildman–Crippen LogP) is 5.05. The molecule has 0 fully saturated rings. The number of ether oxygens (including phenoxy) is 1. The molecule has 0 aliphatic rings. The lowest BCUT2D eigenvalue weighted by Crippen LogP contribution is -2.22. The second kappa shape index (κ2) is 8.49. The number of carbonyl (C=O) groups is 1. The lowest BCUT2D eigenvalue weighted by atomic mass is 10.1. The molecular weight excluding hydrogens is 363 g/mol. The monoisotopic (exact) mass is 384 g/mol. The van der Waals surface area contributed by atoms with Gasteiger partial charge < -0.3 is 13.8 Å². The summed E-state index contributed by atoms with van der Waals surface area (Å²) in [5.74, 6) is -1.63. The Kier molecular flexibility index (Phi) is 6.07. The number of benzene rings is 3. The van der Waals surface area contributed by atoms with Crippen LogP contribution < -0.4 is 0 Å². The average Bonchev–Trinajstić information content (AvgIpc) is 2.73. The molecule has 3 aromatic carbocycles. The van der Waals surface area contributed by atoms with E-state index in [1.165, 1.54) is 14.2 Å². The van der Waals surface area contributed by atoms with Crippen LogP contribution >= 0.6 is 7.60 Å². The minimum Gasteiger partial charge on any atom is -0.445 e. The van der Waals surface area contributed by atoms with Crippen molar-refractivity contribution < 1.29 is 23.1 Å². The molecule has 1 atom stereocenters. The van der Waals surface area contributed by atoms with Gasteiger partial charge in [0.25, 0.3) is 0 Å². The molecule has 0 aromatic heterocycles. The summed E-state index contributed by atoms with van der Waals surface area (Å²) >= 11 is 0. The van der Waals surface area contributed by atoms with Gasteiger partial charge in [0.05, 0.1) is 5.56 Å². The molecule has 0 radical (unpaired) electrons. The van der Waals surface area contributed by atoms with Crippen LogP contribution in [-0.2, 0) is 24.8 Å². The third kappa shape index (κ3) is 4.45. The summed E-state index contributed by atoms with van der Waals surface area (Å²) in [6.45, 7) is 0. The zero-order chi connectivity index (χ0) is 19.3. The van der Waals surface area contributed by atoms with Gasteiger partial charge in [0.1, 0.15) is 0 Å². The molecule has 140 valence electrons. The zero-order valence-electron chi connectivity index (χ0n) is 15.2. The maximum absolute atomic E-state index is 13.0. The first-order valence-electron chi connectivity index (χ1n) is 8.50. The smallest absolute Gasteiger partial charge is 0.370 e. The average molecular weight is 384 g/mol. The van der Waals surface area contributed by atoms with Crippen LogP contribution in [0.15, 0.2) is 72.8 Å². The van der Waals surface area contributed by atoms with Gasteiger partial charge in [-0.3, -0.25) is 4.57 Å². The Labute approximate surface area is 158 Å². The fourth-order valence-electron chi connectivity index (χ4n) is 2.86. The molecule has 0 N–H and O–H groups in total. The van der Waals surface area contributed by atoms with Crippen molar-refractivity contribution in [2.45, 2.75) is 12.3 Å². The van der Waals surface area contributed by atoms with Crippen molar-refractivity contribution in [3.05, 3.63) is 83.9 Å². The highest BCUT2D eigenvalue weighted by Crippen LogP contribution is 2.53. The van der Waals surface area contributed by atoms with E-state index in [4.69, 9.17) is 13.8 Å². The fraction of sp³-hybridized carbons (Fsp3) is 0.190. The summed E-state index contributed by atoms with van der Waals surface area (Å²) in [6.07, 6.45) is 0.211. The Morgan fingerprint density at radius 2 is 1.52 bits per heavy atom. The van der Waals surface area contributed by atoms with Crippen LogP contribution in [0.5, 0.6) is 0 Å². The lowest BCUT2D eigenvalue weighted by molar-refractivity contribution is 0.0385. The highest BCUT2D eigenvalue weighted by atomic mass is 31.2. The third-order valence-electron chi connectivity index (χ3n) is 4.34. The van der Waals surface area contributed by atoms with Crippen LogP contribution in [0.2, 0.25) is 0 Å². The molecule has 0 bridgehead atoms. The van der Waals surface area contributed by atoms with E-state index in [9.17, 15) is 9.36 Å². The Morgan fingerprint density at radius 3 is 2.19 bits per heavy atom. The molecule has 6 heteroatoms. The summed E-state index contributed by atoms with van der Waals surface area (Å²) in [5, 5.41) is 2.15. The van der Waals surface area contributed by atoms with Crippen LogP contribution in [-0.4, -0.2) is 26.0 Å². The molecule has 0 saturated carbocycles. The molecule has 0 heterocycles. The van der Waals surface area contributed by atoms with E-state index in [0.29, 0.717) is 5.56 Å². The number of rotatable bonds is 7. The van der Waals surface area contributed by atoms with Gasteiger partial charge in [-0.2, -0.15) is 0 Å². The first-order chi connectivity index (χ1) is 13.1. The minimum atomic E-state index is -3.63. The second-order valence-corrected chi connectivity index (χ2v) is 8.40. The molecule has 3 aromatic rings. The van der Waals surface area contributed by atoms with Gasteiger partial charge in [-0.25, -0.2) is 4.79 Å². The summed E-state index contributed by atoms with van der Waals surface area (Å²) in [5.41, 5.74) is 1.24. The summed E-state index contributed by atoms with van der Waals surface area (Å²) in [6, 6.07) is 22.4. The molecule has 0 aliphatic heterocycles. The lowest BCUT2D eigenvalue weighted by Gasteiger charge is -2.24. The van der Waals surface area contributed by atoms with E-state index >= 15 is 0 Å². The molecular formula is C21H21O5P. The highest BCUT2D eigenvalue weighted by molar-refractivity contribution is 7.54. The molecule has 0 unspecified atom stereocenters. The fourth-order valence-corrected chi connectivity index (χ4v) is 4.14. The van der Waals surface area contributed by atoms with Crippen molar-refractivity contribution in [3.8, 4) is 0 Å². The largest absolute Gasteiger partial charge is 0.445 e. The summed E-state index contributed by atoms with van der Waals surface area (Å²) in [7, 11) is -1.06. The standard InChI is InChI=1S/C21H21O5P/c1-24-27(23,25-2)20(26-21(22)18-9-4-3-5-10-18)15-16-12-13-17-8-6-7-11-19(17)14-16/h3-14,20H,15H2,1-2H3/t20-/m1/s1. The number of hydrogen-bond donors (Lipinski definition) is 0. The molecule has 0 spiro atoms. The van der Waals surface area contributed by atoms with Gasteiger partial charge in [0.2, 0.25) is 5.85 Å². The van der Waals surface area contributed by atoms with Crippen molar-refractivity contribution in [1.82, 2.24) is 0 Å². The Morgan fingerprint density at radius 1 is 0.889 bits per heavy atom. The van der Waals surface area contributed by atoms with Gasteiger partial charge in [-0.15, -0.1) is 0 Å². The van der Waals surface area contributed by atoms with Gasteiger partial charge in [-0.05, 0) is 28.5 Å². The first kappa shape index (κ1) is 19.3. The maximum atomic E-state index is 13.0. The highest BCUT2D eigenvalue weighted by Gasteiger charge is 2.37. The molecule has 0 amide bonds. The Hall–Kier alpha value is -2.46. The van der Waals surface area contributed by atoms with Gasteiger partial charge in [0, 0.05) is 20.6 Å². The van der Waals surface area contributed by atoms with Crippen LogP contribution in [0, 0.1) is 0 Å². The maximum Gasteiger partial charge on any atom is 0.370 e. The summed E-state index contributed by atoms with van der Waals surface area (Å²) in [4.78, 5) is 12.5. The zero-order valence-corrected chi connectivity index (χ0v) is 16.1. The Bertz CT molecular complexity index is 962. The van der Waals surface area contributed by atoms with Crippen molar-refractivity contribution in [2.75, 3.05) is 14.2 Å². The number of hydrogen-bond acceptors (Lipinski definition) is 5. The minimum absolute atomic E-state index is 0.211. The van der Waals surface area contributed by atoms with Crippen molar-refractivity contribution in [3.63, 3.8) is 0 Å². The van der Waals surface area contributed by atoms with Crippen molar-refractivity contribution in [1.29, 1.82) is 0 Å². The topological polar surface area (TPSA) is 61.8 Å². The number of fused-ring (bicyclic) bond motifs is 1. The first-order valence-corrected chi connectivity index (χ1v) is 10.1. The van der Waals surface area contributed by atoms with Gasteiger partial charge in [-0.1, -0.05) is 60.7 Å². The van der Waals surface area contributed by atoms with Crippen molar-refractivity contribution in [2.24, 2.45) is 0 Å². The van der Waals surface area contributed by atoms with Gasteiger partial charge >= 0.3 is 13.6 Å².